The zero-order valence-corrected chi connectivity index (χ0v) is 17.5. The van der Waals surface area contributed by atoms with Gasteiger partial charge in [-0.15, -0.1) is 0 Å². The van der Waals surface area contributed by atoms with E-state index in [1.54, 1.807) is 12.1 Å². The van der Waals surface area contributed by atoms with E-state index in [1.165, 1.54) is 12.1 Å². The molecule has 9 heteroatoms. The van der Waals surface area contributed by atoms with Gasteiger partial charge in [0.15, 0.2) is 0 Å². The minimum absolute atomic E-state index is 0.0345. The molecular formula is C22H23FN3O4P. The van der Waals surface area contributed by atoms with Crippen molar-refractivity contribution in [1.82, 2.24) is 15.6 Å². The molecule has 3 aromatic rings. The van der Waals surface area contributed by atoms with Crippen LogP contribution in [0.5, 0.6) is 0 Å². The molecule has 162 valence electrons. The number of hydrogen-bond donors (Lipinski definition) is 5. The maximum Gasteiger partial charge on any atom is 0.339 e. The van der Waals surface area contributed by atoms with E-state index < -0.39 is 31.6 Å². The highest BCUT2D eigenvalue weighted by Crippen LogP contribution is 2.32. The van der Waals surface area contributed by atoms with Crippen LogP contribution in [-0.4, -0.2) is 39.6 Å². The van der Waals surface area contributed by atoms with Crippen molar-refractivity contribution in [1.29, 1.82) is 0 Å². The fourth-order valence-corrected chi connectivity index (χ4v) is 3.54. The van der Waals surface area contributed by atoms with Crippen LogP contribution in [0.3, 0.4) is 0 Å². The average Bonchev–Trinajstić information content (AvgIpc) is 3.14. The fourth-order valence-electron chi connectivity index (χ4n) is 3.08. The van der Waals surface area contributed by atoms with Crippen molar-refractivity contribution in [2.75, 3.05) is 12.8 Å². The summed E-state index contributed by atoms with van der Waals surface area (Å²) in [6.45, 7) is 0.343. The van der Waals surface area contributed by atoms with Crippen LogP contribution in [0.1, 0.15) is 17.5 Å². The summed E-state index contributed by atoms with van der Waals surface area (Å²) >= 11 is 0. The molecule has 0 unspecified atom stereocenters. The number of aromatic nitrogens is 1. The van der Waals surface area contributed by atoms with Gasteiger partial charge in [0.1, 0.15) is 5.82 Å². The van der Waals surface area contributed by atoms with Crippen molar-refractivity contribution in [3.63, 3.8) is 0 Å². The third-order valence-corrected chi connectivity index (χ3v) is 5.23. The van der Waals surface area contributed by atoms with Gasteiger partial charge in [-0.2, -0.15) is 0 Å². The molecule has 0 aliphatic heterocycles. The van der Waals surface area contributed by atoms with E-state index in [-0.39, 0.29) is 12.0 Å². The fraction of sp³-hybridized carbons (Fsp3) is 0.227. The number of halogens is 1. The molecular weight excluding hydrogens is 420 g/mol. The molecule has 1 aromatic heterocycles. The molecule has 0 bridgehead atoms. The predicted octanol–water partition coefficient (Wildman–Crippen LogP) is 2.50. The highest BCUT2D eigenvalue weighted by molar-refractivity contribution is 7.51. The summed E-state index contributed by atoms with van der Waals surface area (Å²) in [6, 6.07) is 12.9. The zero-order chi connectivity index (χ0) is 22.3. The molecule has 1 heterocycles. The van der Waals surface area contributed by atoms with Gasteiger partial charge in [0, 0.05) is 30.1 Å². The SMILES string of the molecule is O=C(NCCc1c[nH]c2ccccc12)[C@H](CC#Cc1ccccc1F)NCP(=O)(O)O. The van der Waals surface area contributed by atoms with Crippen LogP contribution < -0.4 is 10.6 Å². The lowest BCUT2D eigenvalue weighted by atomic mass is 10.1. The topological polar surface area (TPSA) is 114 Å². The van der Waals surface area contributed by atoms with Gasteiger partial charge in [-0.25, -0.2) is 4.39 Å². The molecule has 7 nitrogen and oxygen atoms in total. The first-order valence-electron chi connectivity index (χ1n) is 9.67. The Hall–Kier alpha value is -2.95. The largest absolute Gasteiger partial charge is 0.361 e. The highest BCUT2D eigenvalue weighted by Gasteiger charge is 2.21. The van der Waals surface area contributed by atoms with Gasteiger partial charge in [0.25, 0.3) is 0 Å². The molecule has 3 rings (SSSR count). The van der Waals surface area contributed by atoms with Crippen LogP contribution in [0.25, 0.3) is 10.9 Å². The number of amides is 1. The lowest BCUT2D eigenvalue weighted by molar-refractivity contribution is -0.122. The first kappa shape index (κ1) is 22.7. The third kappa shape index (κ3) is 6.78. The van der Waals surface area contributed by atoms with Crippen molar-refractivity contribution < 1.29 is 23.5 Å². The second-order valence-electron chi connectivity index (χ2n) is 6.97. The summed E-state index contributed by atoms with van der Waals surface area (Å²) in [5.41, 5.74) is 2.25. The quantitative estimate of drug-likeness (QED) is 0.271. The molecule has 2 aromatic carbocycles. The molecule has 0 saturated heterocycles. The zero-order valence-electron chi connectivity index (χ0n) is 16.6. The van der Waals surface area contributed by atoms with Gasteiger partial charge in [-0.3, -0.25) is 14.7 Å². The van der Waals surface area contributed by atoms with Gasteiger partial charge < -0.3 is 20.1 Å². The molecule has 0 fully saturated rings. The number of benzene rings is 2. The Morgan fingerprint density at radius 1 is 1.16 bits per heavy atom. The van der Waals surface area contributed by atoms with Gasteiger partial charge in [-0.05, 0) is 30.2 Å². The molecule has 0 aliphatic carbocycles. The summed E-state index contributed by atoms with van der Waals surface area (Å²) in [6.07, 6.45) is 1.78. The van der Waals surface area contributed by atoms with E-state index in [1.807, 2.05) is 30.5 Å². The molecule has 1 amide bonds. The van der Waals surface area contributed by atoms with E-state index in [0.717, 1.165) is 16.5 Å². The Balaban J connectivity index is 1.61. The molecule has 0 radical (unpaired) electrons. The second kappa shape index (κ2) is 10.4. The predicted molar refractivity (Wildman–Crippen MR) is 117 cm³/mol. The van der Waals surface area contributed by atoms with Crippen LogP contribution in [0, 0.1) is 17.7 Å². The molecule has 1 atom stereocenters. The molecule has 31 heavy (non-hydrogen) atoms. The number of aromatic amines is 1. The first-order valence-corrected chi connectivity index (χ1v) is 11.5. The summed E-state index contributed by atoms with van der Waals surface area (Å²) in [5, 5.41) is 6.40. The lowest BCUT2D eigenvalue weighted by Crippen LogP contribution is -2.44. The molecule has 0 saturated carbocycles. The Kier molecular flexibility index (Phi) is 7.61. The standard InChI is InChI=1S/C22H23FN3O4P/c23-19-9-3-1-6-16(19)7-5-11-21(26-15-31(28,29)30)22(27)24-13-12-17-14-25-20-10-4-2-8-18(17)20/h1-4,6,8-10,14,21,25-26H,11-13,15H2,(H,24,27)(H2,28,29,30)/t21-/m0/s1. The van der Waals surface area contributed by atoms with Crippen LogP contribution in [0.15, 0.2) is 54.7 Å². The van der Waals surface area contributed by atoms with Gasteiger partial charge in [0.05, 0.1) is 17.9 Å². The molecule has 0 aliphatic rings. The second-order valence-corrected chi connectivity index (χ2v) is 8.61. The summed E-state index contributed by atoms with van der Waals surface area (Å²) < 4.78 is 24.9. The molecule has 0 spiro atoms. The lowest BCUT2D eigenvalue weighted by Gasteiger charge is -2.16. The van der Waals surface area contributed by atoms with Gasteiger partial charge in [-0.1, -0.05) is 42.2 Å². The van der Waals surface area contributed by atoms with E-state index in [4.69, 9.17) is 9.79 Å². The van der Waals surface area contributed by atoms with Crippen molar-refractivity contribution in [2.24, 2.45) is 0 Å². The van der Waals surface area contributed by atoms with Crippen molar-refractivity contribution in [3.05, 3.63) is 71.7 Å². The van der Waals surface area contributed by atoms with E-state index in [9.17, 15) is 13.8 Å². The number of rotatable bonds is 8. The van der Waals surface area contributed by atoms with Crippen LogP contribution >= 0.6 is 7.60 Å². The molecule has 5 N–H and O–H groups in total. The van der Waals surface area contributed by atoms with Crippen molar-refractivity contribution in [3.8, 4) is 11.8 Å². The number of carbonyl (C=O) groups is 1. The minimum Gasteiger partial charge on any atom is -0.361 e. The third-order valence-electron chi connectivity index (χ3n) is 4.63. The van der Waals surface area contributed by atoms with Crippen molar-refractivity contribution in [2.45, 2.75) is 18.9 Å². The van der Waals surface area contributed by atoms with E-state index in [2.05, 4.69) is 27.5 Å². The van der Waals surface area contributed by atoms with Gasteiger partial charge in [0.2, 0.25) is 5.91 Å². The maximum atomic E-state index is 13.7. The van der Waals surface area contributed by atoms with Crippen LogP contribution in [0.2, 0.25) is 0 Å². The number of carbonyl (C=O) groups excluding carboxylic acids is 1. The number of para-hydroxylation sites is 1. The van der Waals surface area contributed by atoms with Crippen LogP contribution in [-0.2, 0) is 15.8 Å². The summed E-state index contributed by atoms with van der Waals surface area (Å²) in [4.78, 5) is 34.0. The Morgan fingerprint density at radius 3 is 2.68 bits per heavy atom. The Labute approximate surface area is 179 Å². The number of fused-ring (bicyclic) bond motifs is 1. The highest BCUT2D eigenvalue weighted by atomic mass is 31.2. The number of hydrogen-bond acceptors (Lipinski definition) is 3. The Bertz CT molecular complexity index is 1160. The van der Waals surface area contributed by atoms with Crippen molar-refractivity contribution >= 4 is 24.4 Å². The normalized spacial score (nSPS) is 12.2. The first-order chi connectivity index (χ1) is 14.8. The van der Waals surface area contributed by atoms with E-state index >= 15 is 0 Å². The number of H-pyrrole nitrogens is 1. The number of nitrogens with one attached hydrogen (secondary N) is 3. The average molecular weight is 443 g/mol. The van der Waals surface area contributed by atoms with Crippen LogP contribution in [0.4, 0.5) is 4.39 Å². The minimum atomic E-state index is -4.35. The summed E-state index contributed by atoms with van der Waals surface area (Å²) in [7, 11) is -4.35. The Morgan fingerprint density at radius 2 is 1.90 bits per heavy atom. The smallest absolute Gasteiger partial charge is 0.339 e. The van der Waals surface area contributed by atoms with E-state index in [0.29, 0.717) is 13.0 Å². The summed E-state index contributed by atoms with van der Waals surface area (Å²) in [5.74, 6) is 4.46. The monoisotopic (exact) mass is 443 g/mol. The maximum absolute atomic E-state index is 13.7. The van der Waals surface area contributed by atoms with Gasteiger partial charge >= 0.3 is 7.60 Å².